The van der Waals surface area contributed by atoms with Gasteiger partial charge >= 0.3 is 0 Å². The Morgan fingerprint density at radius 3 is 2.42 bits per heavy atom. The van der Waals surface area contributed by atoms with Crippen molar-refractivity contribution in [2.75, 3.05) is 13.2 Å². The van der Waals surface area contributed by atoms with Gasteiger partial charge in [0.15, 0.2) is 11.5 Å². The van der Waals surface area contributed by atoms with Gasteiger partial charge in [0.2, 0.25) is 0 Å². The molecule has 1 fully saturated rings. The molecule has 1 aromatic rings. The molecule has 0 saturated heterocycles. The van der Waals surface area contributed by atoms with Gasteiger partial charge in [0, 0.05) is 6.04 Å². The number of para-hydroxylation sites is 2. The van der Waals surface area contributed by atoms with E-state index in [9.17, 15) is 0 Å². The van der Waals surface area contributed by atoms with E-state index in [1.165, 1.54) is 25.7 Å². The van der Waals surface area contributed by atoms with Crippen molar-refractivity contribution in [3.05, 3.63) is 24.3 Å². The highest BCUT2D eigenvalue weighted by Crippen LogP contribution is 2.29. The molecule has 0 radical (unpaired) electrons. The maximum Gasteiger partial charge on any atom is 0.161 e. The maximum absolute atomic E-state index is 6.21. The SMILES string of the molecule is CCCOc1ccccc1OCC(N)C1CCCC1. The first kappa shape index (κ1) is 14.2. The van der Waals surface area contributed by atoms with Gasteiger partial charge in [0.1, 0.15) is 6.61 Å². The van der Waals surface area contributed by atoms with E-state index in [0.717, 1.165) is 24.5 Å². The Bertz CT molecular complexity index is 375. The molecule has 0 aliphatic heterocycles. The second kappa shape index (κ2) is 7.39. The summed E-state index contributed by atoms with van der Waals surface area (Å²) in [5.74, 6) is 2.26. The third-order valence-electron chi connectivity index (χ3n) is 3.75. The van der Waals surface area contributed by atoms with Crippen molar-refractivity contribution < 1.29 is 9.47 Å². The lowest BCUT2D eigenvalue weighted by atomic mass is 10.00. The van der Waals surface area contributed by atoms with Crippen LogP contribution in [-0.2, 0) is 0 Å². The Balaban J connectivity index is 1.87. The molecule has 1 aromatic carbocycles. The summed E-state index contributed by atoms with van der Waals surface area (Å²) in [6.07, 6.45) is 6.12. The van der Waals surface area contributed by atoms with Crippen molar-refractivity contribution in [3.8, 4) is 11.5 Å². The molecule has 106 valence electrons. The number of hydrogen-bond acceptors (Lipinski definition) is 3. The van der Waals surface area contributed by atoms with Crippen LogP contribution >= 0.6 is 0 Å². The van der Waals surface area contributed by atoms with Crippen LogP contribution in [0.4, 0.5) is 0 Å². The maximum atomic E-state index is 6.21. The average molecular weight is 263 g/mol. The lowest BCUT2D eigenvalue weighted by Gasteiger charge is -2.20. The third-order valence-corrected chi connectivity index (χ3v) is 3.75. The van der Waals surface area contributed by atoms with Gasteiger partial charge < -0.3 is 15.2 Å². The number of nitrogens with two attached hydrogens (primary N) is 1. The summed E-state index contributed by atoms with van der Waals surface area (Å²) in [6.45, 7) is 3.39. The first-order valence-corrected chi connectivity index (χ1v) is 7.41. The van der Waals surface area contributed by atoms with E-state index >= 15 is 0 Å². The van der Waals surface area contributed by atoms with Crippen LogP contribution in [0.5, 0.6) is 11.5 Å². The van der Waals surface area contributed by atoms with Gasteiger partial charge in [-0.3, -0.25) is 0 Å². The lowest BCUT2D eigenvalue weighted by Crippen LogP contribution is -2.34. The number of rotatable bonds is 7. The molecule has 1 aliphatic carbocycles. The molecule has 0 aromatic heterocycles. The fraction of sp³-hybridized carbons (Fsp3) is 0.625. The zero-order chi connectivity index (χ0) is 13.5. The highest BCUT2D eigenvalue weighted by Gasteiger charge is 2.22. The third kappa shape index (κ3) is 4.13. The molecule has 19 heavy (non-hydrogen) atoms. The van der Waals surface area contributed by atoms with E-state index in [0.29, 0.717) is 12.5 Å². The van der Waals surface area contributed by atoms with E-state index in [-0.39, 0.29) is 6.04 Å². The topological polar surface area (TPSA) is 44.5 Å². The number of hydrogen-bond donors (Lipinski definition) is 1. The fourth-order valence-corrected chi connectivity index (χ4v) is 2.61. The molecule has 1 atom stereocenters. The summed E-state index contributed by atoms with van der Waals surface area (Å²) in [7, 11) is 0. The minimum Gasteiger partial charge on any atom is -0.490 e. The highest BCUT2D eigenvalue weighted by molar-refractivity contribution is 5.39. The minimum atomic E-state index is 0.140. The Hall–Kier alpha value is -1.22. The second-order valence-corrected chi connectivity index (χ2v) is 5.31. The van der Waals surface area contributed by atoms with Crippen molar-refractivity contribution in [2.45, 2.75) is 45.1 Å². The average Bonchev–Trinajstić information content (AvgIpc) is 2.97. The van der Waals surface area contributed by atoms with E-state index in [1.54, 1.807) is 0 Å². The Morgan fingerprint density at radius 2 is 1.79 bits per heavy atom. The van der Waals surface area contributed by atoms with E-state index in [2.05, 4.69) is 6.92 Å². The van der Waals surface area contributed by atoms with Crippen LogP contribution in [-0.4, -0.2) is 19.3 Å². The predicted octanol–water partition coefficient (Wildman–Crippen LogP) is 3.37. The smallest absolute Gasteiger partial charge is 0.161 e. The lowest BCUT2D eigenvalue weighted by molar-refractivity contribution is 0.229. The quantitative estimate of drug-likeness (QED) is 0.820. The van der Waals surface area contributed by atoms with Gasteiger partial charge in [-0.1, -0.05) is 31.9 Å². The van der Waals surface area contributed by atoms with E-state index in [4.69, 9.17) is 15.2 Å². The van der Waals surface area contributed by atoms with Crippen LogP contribution in [0.25, 0.3) is 0 Å². The normalized spacial score (nSPS) is 17.4. The summed E-state index contributed by atoms with van der Waals surface area (Å²) < 4.78 is 11.5. The standard InChI is InChI=1S/C16H25NO2/c1-2-11-18-15-9-5-6-10-16(15)19-12-14(17)13-7-3-4-8-13/h5-6,9-10,13-14H,2-4,7-8,11-12,17H2,1H3. The second-order valence-electron chi connectivity index (χ2n) is 5.31. The van der Waals surface area contributed by atoms with Crippen molar-refractivity contribution in [3.63, 3.8) is 0 Å². The molecule has 2 rings (SSSR count). The summed E-state index contributed by atoms with van der Waals surface area (Å²) in [6, 6.07) is 7.98. The molecular formula is C16H25NO2. The number of benzene rings is 1. The number of ether oxygens (including phenoxy) is 2. The summed E-state index contributed by atoms with van der Waals surface area (Å²) in [4.78, 5) is 0. The van der Waals surface area contributed by atoms with Gasteiger partial charge in [-0.2, -0.15) is 0 Å². The van der Waals surface area contributed by atoms with E-state index < -0.39 is 0 Å². The molecule has 1 saturated carbocycles. The Kier molecular flexibility index (Phi) is 5.52. The highest BCUT2D eigenvalue weighted by atomic mass is 16.5. The van der Waals surface area contributed by atoms with Crippen LogP contribution in [0.3, 0.4) is 0 Å². The largest absolute Gasteiger partial charge is 0.490 e. The van der Waals surface area contributed by atoms with Gasteiger partial charge in [0.05, 0.1) is 6.61 Å². The molecule has 0 bridgehead atoms. The zero-order valence-electron chi connectivity index (χ0n) is 11.8. The molecule has 3 nitrogen and oxygen atoms in total. The molecular weight excluding hydrogens is 238 g/mol. The van der Waals surface area contributed by atoms with Gasteiger partial charge in [0.25, 0.3) is 0 Å². The van der Waals surface area contributed by atoms with Gasteiger partial charge in [-0.05, 0) is 37.3 Å². The Labute approximate surface area is 116 Å². The summed E-state index contributed by atoms with van der Waals surface area (Å²) in [5.41, 5.74) is 6.21. The van der Waals surface area contributed by atoms with Crippen LogP contribution in [0.1, 0.15) is 39.0 Å². The molecule has 3 heteroatoms. The van der Waals surface area contributed by atoms with Crippen LogP contribution in [0, 0.1) is 5.92 Å². The van der Waals surface area contributed by atoms with Crippen molar-refractivity contribution in [1.82, 2.24) is 0 Å². The Morgan fingerprint density at radius 1 is 1.16 bits per heavy atom. The van der Waals surface area contributed by atoms with Crippen molar-refractivity contribution >= 4 is 0 Å². The first-order chi connectivity index (χ1) is 9.31. The van der Waals surface area contributed by atoms with Gasteiger partial charge in [-0.25, -0.2) is 0 Å². The molecule has 0 amide bonds. The summed E-state index contributed by atoms with van der Waals surface area (Å²) in [5, 5.41) is 0. The van der Waals surface area contributed by atoms with Crippen LogP contribution in [0.15, 0.2) is 24.3 Å². The summed E-state index contributed by atoms with van der Waals surface area (Å²) >= 11 is 0. The molecule has 0 spiro atoms. The monoisotopic (exact) mass is 263 g/mol. The van der Waals surface area contributed by atoms with E-state index in [1.807, 2.05) is 24.3 Å². The zero-order valence-corrected chi connectivity index (χ0v) is 11.8. The van der Waals surface area contributed by atoms with Crippen LogP contribution < -0.4 is 15.2 Å². The van der Waals surface area contributed by atoms with Crippen molar-refractivity contribution in [2.24, 2.45) is 11.7 Å². The predicted molar refractivity (Wildman–Crippen MR) is 77.7 cm³/mol. The van der Waals surface area contributed by atoms with Gasteiger partial charge in [-0.15, -0.1) is 0 Å². The minimum absolute atomic E-state index is 0.140. The molecule has 1 unspecified atom stereocenters. The van der Waals surface area contributed by atoms with Crippen molar-refractivity contribution in [1.29, 1.82) is 0 Å². The fourth-order valence-electron chi connectivity index (χ4n) is 2.61. The van der Waals surface area contributed by atoms with Crippen LogP contribution in [0.2, 0.25) is 0 Å². The molecule has 0 heterocycles. The first-order valence-electron chi connectivity index (χ1n) is 7.41. The molecule has 1 aliphatic rings. The molecule has 2 N–H and O–H groups in total.